The molecule has 0 saturated heterocycles. The first-order valence-corrected chi connectivity index (χ1v) is 7.62. The molecule has 0 unspecified atom stereocenters. The van der Waals surface area contributed by atoms with Crippen molar-refractivity contribution in [1.29, 1.82) is 0 Å². The van der Waals surface area contributed by atoms with E-state index in [0.717, 1.165) is 18.9 Å². The number of rotatable bonds is 4. The van der Waals surface area contributed by atoms with Gasteiger partial charge >= 0.3 is 6.09 Å². The Morgan fingerprint density at radius 2 is 2.09 bits per heavy atom. The van der Waals surface area contributed by atoms with Gasteiger partial charge in [-0.05, 0) is 45.6 Å². The van der Waals surface area contributed by atoms with Crippen LogP contribution in [-0.4, -0.2) is 29.1 Å². The van der Waals surface area contributed by atoms with Crippen molar-refractivity contribution >= 4 is 29.4 Å². The summed E-state index contributed by atoms with van der Waals surface area (Å²) in [7, 11) is 0. The maximum atomic E-state index is 13.6. The first kappa shape index (κ1) is 17.5. The van der Waals surface area contributed by atoms with Crippen LogP contribution < -0.4 is 10.6 Å². The highest BCUT2D eigenvalue weighted by molar-refractivity contribution is 6.29. The molecule has 6 nitrogen and oxygen atoms in total. The quantitative estimate of drug-likeness (QED) is 0.851. The molecule has 2 amide bonds. The molecule has 1 fully saturated rings. The van der Waals surface area contributed by atoms with E-state index < -0.39 is 28.6 Å². The second-order valence-electron chi connectivity index (χ2n) is 6.53. The average Bonchev–Trinajstić information content (AvgIpc) is 3.20. The molecule has 1 heterocycles. The largest absolute Gasteiger partial charge is 0.443 e. The fourth-order valence-electron chi connectivity index (χ4n) is 1.97. The van der Waals surface area contributed by atoms with E-state index in [1.807, 2.05) is 0 Å². The smallest absolute Gasteiger partial charge is 0.416 e. The van der Waals surface area contributed by atoms with Crippen molar-refractivity contribution in [1.82, 2.24) is 4.98 Å². The van der Waals surface area contributed by atoms with Crippen LogP contribution in [0.25, 0.3) is 0 Å². The van der Waals surface area contributed by atoms with Gasteiger partial charge in [0.25, 0.3) is 5.91 Å². The number of ether oxygens (including phenoxy) is 1. The van der Waals surface area contributed by atoms with Gasteiger partial charge in [-0.1, -0.05) is 11.6 Å². The predicted octanol–water partition coefficient (Wildman–Crippen LogP) is 3.12. The van der Waals surface area contributed by atoms with E-state index in [9.17, 15) is 14.0 Å². The molecule has 2 N–H and O–H groups in total. The van der Waals surface area contributed by atoms with Gasteiger partial charge in [-0.3, -0.25) is 9.69 Å². The molecule has 0 radical (unpaired) electrons. The summed E-state index contributed by atoms with van der Waals surface area (Å²) in [6.45, 7) is 5.48. The van der Waals surface area contributed by atoms with Crippen LogP contribution >= 0.6 is 11.6 Å². The Morgan fingerprint density at radius 1 is 1.48 bits per heavy atom. The van der Waals surface area contributed by atoms with E-state index in [2.05, 4.69) is 4.98 Å². The predicted molar refractivity (Wildman–Crippen MR) is 84.0 cm³/mol. The lowest BCUT2D eigenvalue weighted by Gasteiger charge is -2.27. The molecule has 23 heavy (non-hydrogen) atoms. The third-order valence-electron chi connectivity index (χ3n) is 3.19. The lowest BCUT2D eigenvalue weighted by Crippen LogP contribution is -2.40. The van der Waals surface area contributed by atoms with E-state index >= 15 is 0 Å². The summed E-state index contributed by atoms with van der Waals surface area (Å²) in [6, 6.07) is 0.886. The molecule has 0 spiro atoms. The number of pyridine rings is 1. The molecule has 1 saturated carbocycles. The zero-order valence-corrected chi connectivity index (χ0v) is 14.0. The van der Waals surface area contributed by atoms with Gasteiger partial charge in [0, 0.05) is 6.54 Å². The molecule has 0 atom stereocenters. The van der Waals surface area contributed by atoms with Crippen LogP contribution in [0, 0.1) is 11.7 Å². The summed E-state index contributed by atoms with van der Waals surface area (Å²) < 4.78 is 18.9. The second kappa shape index (κ2) is 6.31. The van der Waals surface area contributed by atoms with Crippen molar-refractivity contribution in [2.24, 2.45) is 11.7 Å². The van der Waals surface area contributed by atoms with Crippen molar-refractivity contribution in [3.05, 3.63) is 22.6 Å². The highest BCUT2D eigenvalue weighted by atomic mass is 35.5. The van der Waals surface area contributed by atoms with Gasteiger partial charge in [0.15, 0.2) is 16.8 Å². The summed E-state index contributed by atoms with van der Waals surface area (Å²) in [6.07, 6.45) is 1.24. The van der Waals surface area contributed by atoms with Crippen molar-refractivity contribution in [2.45, 2.75) is 39.2 Å². The van der Waals surface area contributed by atoms with Crippen molar-refractivity contribution < 1.29 is 18.7 Å². The van der Waals surface area contributed by atoms with Crippen LogP contribution in [0.2, 0.25) is 5.15 Å². The maximum Gasteiger partial charge on any atom is 0.416 e. The van der Waals surface area contributed by atoms with Crippen molar-refractivity contribution in [3.8, 4) is 0 Å². The van der Waals surface area contributed by atoms with Crippen molar-refractivity contribution in [2.75, 3.05) is 11.4 Å². The van der Waals surface area contributed by atoms with E-state index in [0.29, 0.717) is 6.54 Å². The normalized spacial score (nSPS) is 14.5. The van der Waals surface area contributed by atoms with E-state index in [1.165, 1.54) is 4.90 Å². The molecular weight excluding hydrogens is 325 g/mol. The van der Waals surface area contributed by atoms with Crippen LogP contribution in [0.3, 0.4) is 0 Å². The number of halogens is 2. The van der Waals surface area contributed by atoms with Gasteiger partial charge in [0.05, 0.1) is 5.56 Å². The van der Waals surface area contributed by atoms with Crippen LogP contribution in [0.4, 0.5) is 15.0 Å². The van der Waals surface area contributed by atoms with Crippen LogP contribution in [-0.2, 0) is 4.74 Å². The van der Waals surface area contributed by atoms with E-state index in [1.54, 1.807) is 20.8 Å². The molecule has 126 valence electrons. The van der Waals surface area contributed by atoms with Crippen LogP contribution in [0.5, 0.6) is 0 Å². The highest BCUT2D eigenvalue weighted by Crippen LogP contribution is 2.33. The van der Waals surface area contributed by atoms with Gasteiger partial charge < -0.3 is 10.5 Å². The van der Waals surface area contributed by atoms with E-state index in [4.69, 9.17) is 22.1 Å². The summed E-state index contributed by atoms with van der Waals surface area (Å²) in [5.74, 6) is -1.56. The SMILES string of the molecule is CC(C)(C)OC(=O)N(CC1CC1)c1nc(Cl)c(F)cc1C(N)=O. The molecule has 1 aromatic rings. The van der Waals surface area contributed by atoms with Crippen LogP contribution in [0.15, 0.2) is 6.07 Å². The molecule has 2 rings (SSSR count). The summed E-state index contributed by atoms with van der Waals surface area (Å²) in [5, 5.41) is -0.436. The molecule has 1 aliphatic rings. The molecule has 1 aliphatic carbocycles. The Morgan fingerprint density at radius 3 is 2.57 bits per heavy atom. The maximum absolute atomic E-state index is 13.6. The molecule has 8 heteroatoms. The number of nitrogens with two attached hydrogens (primary N) is 1. The molecule has 0 aliphatic heterocycles. The van der Waals surface area contributed by atoms with Crippen LogP contribution in [0.1, 0.15) is 44.0 Å². The fraction of sp³-hybridized carbons (Fsp3) is 0.533. The minimum absolute atomic E-state index is 0.0787. The summed E-state index contributed by atoms with van der Waals surface area (Å²) in [5.41, 5.74) is 4.34. The van der Waals surface area contributed by atoms with Gasteiger partial charge in [-0.2, -0.15) is 0 Å². The van der Waals surface area contributed by atoms with E-state index in [-0.39, 0.29) is 17.3 Å². The average molecular weight is 344 g/mol. The first-order chi connectivity index (χ1) is 10.6. The number of carbonyl (C=O) groups is 2. The minimum atomic E-state index is -0.896. The second-order valence-corrected chi connectivity index (χ2v) is 6.89. The van der Waals surface area contributed by atoms with Gasteiger partial charge in [-0.25, -0.2) is 14.2 Å². The number of primary amides is 1. The van der Waals surface area contributed by atoms with Gasteiger partial charge in [0.1, 0.15) is 5.60 Å². The Labute approximate surface area is 138 Å². The molecule has 0 aromatic carbocycles. The Bertz CT molecular complexity index is 642. The monoisotopic (exact) mass is 343 g/mol. The zero-order chi connectivity index (χ0) is 17.4. The standard InChI is InChI=1S/C15H19ClFN3O3/c1-15(2,3)23-14(22)20(7-8-4-5-8)13-9(12(18)21)6-10(17)11(16)19-13/h6,8H,4-5,7H2,1-3H3,(H2,18,21). The number of aromatic nitrogens is 1. The minimum Gasteiger partial charge on any atom is -0.443 e. The molecule has 1 aromatic heterocycles. The zero-order valence-electron chi connectivity index (χ0n) is 13.2. The Kier molecular flexibility index (Phi) is 4.79. The fourth-order valence-corrected chi connectivity index (χ4v) is 2.10. The highest BCUT2D eigenvalue weighted by Gasteiger charge is 2.33. The van der Waals surface area contributed by atoms with Gasteiger partial charge in [-0.15, -0.1) is 0 Å². The third-order valence-corrected chi connectivity index (χ3v) is 3.45. The Hall–Kier alpha value is -1.89. The number of hydrogen-bond donors (Lipinski definition) is 1. The molecule has 0 bridgehead atoms. The number of carbonyl (C=O) groups excluding carboxylic acids is 2. The Balaban J connectivity index is 2.44. The summed E-state index contributed by atoms with van der Waals surface area (Å²) >= 11 is 5.71. The third kappa shape index (κ3) is 4.54. The topological polar surface area (TPSA) is 85.5 Å². The first-order valence-electron chi connectivity index (χ1n) is 7.25. The lowest BCUT2D eigenvalue weighted by atomic mass is 10.2. The number of hydrogen-bond acceptors (Lipinski definition) is 4. The number of amides is 2. The summed E-state index contributed by atoms with van der Waals surface area (Å²) in [4.78, 5) is 29.1. The number of anilines is 1. The molecular formula is C15H19ClFN3O3. The van der Waals surface area contributed by atoms with Gasteiger partial charge in [0.2, 0.25) is 0 Å². The number of nitrogens with zero attached hydrogens (tertiary/aromatic N) is 2. The lowest BCUT2D eigenvalue weighted by molar-refractivity contribution is 0.0577. The van der Waals surface area contributed by atoms with Crippen molar-refractivity contribution in [3.63, 3.8) is 0 Å².